The van der Waals surface area contributed by atoms with E-state index in [1.165, 1.54) is 0 Å². The molecule has 2 atom stereocenters. The van der Waals surface area contributed by atoms with Crippen molar-refractivity contribution in [3.05, 3.63) is 65.7 Å². The summed E-state index contributed by atoms with van der Waals surface area (Å²) >= 11 is 1.04. The van der Waals surface area contributed by atoms with Gasteiger partial charge in [0.25, 0.3) is 5.24 Å². The maximum atomic E-state index is 12.1. The van der Waals surface area contributed by atoms with Gasteiger partial charge in [0.1, 0.15) is 22.5 Å². The number of carbonyl (C=O) groups excluding carboxylic acids is 2. The van der Waals surface area contributed by atoms with E-state index in [9.17, 15) is 14.9 Å². The van der Waals surface area contributed by atoms with Crippen molar-refractivity contribution < 1.29 is 19.1 Å². The van der Waals surface area contributed by atoms with E-state index in [0.717, 1.165) is 28.1 Å². The van der Waals surface area contributed by atoms with Gasteiger partial charge >= 0.3 is 0 Å². The maximum absolute atomic E-state index is 12.1. The van der Waals surface area contributed by atoms with Crippen LogP contribution in [0.1, 0.15) is 23.5 Å². The third kappa shape index (κ3) is 3.15. The third-order valence-corrected chi connectivity index (χ3v) is 6.50. The van der Waals surface area contributed by atoms with E-state index >= 15 is 0 Å². The average molecular weight is 416 g/mol. The predicted octanol–water partition coefficient (Wildman–Crippen LogP) is 4.72. The molecule has 0 spiro atoms. The normalized spacial score (nSPS) is 20.2. The number of nitrogens with zero attached hydrogens (tertiary/aromatic N) is 1. The summed E-state index contributed by atoms with van der Waals surface area (Å²) in [6.07, 6.45) is 0.672. The molecule has 0 saturated carbocycles. The Balaban J connectivity index is 1.47. The summed E-state index contributed by atoms with van der Waals surface area (Å²) in [5.74, 6) is 1.58. The summed E-state index contributed by atoms with van der Waals surface area (Å²) in [5, 5.41) is 12.7. The van der Waals surface area contributed by atoms with Crippen LogP contribution < -0.4 is 14.8 Å². The van der Waals surface area contributed by atoms with E-state index in [4.69, 9.17) is 9.47 Å². The van der Waals surface area contributed by atoms with Crippen LogP contribution in [0.25, 0.3) is 10.8 Å². The maximum Gasteiger partial charge on any atom is 0.286 e. The Bertz CT molecular complexity index is 1230. The lowest BCUT2D eigenvalue weighted by Crippen LogP contribution is -2.31. The molecule has 2 aliphatic heterocycles. The van der Waals surface area contributed by atoms with E-state index in [1.54, 1.807) is 12.1 Å². The Morgan fingerprint density at radius 2 is 1.93 bits per heavy atom. The van der Waals surface area contributed by atoms with Gasteiger partial charge in [0.05, 0.1) is 18.2 Å². The minimum absolute atomic E-state index is 0.0880. The van der Waals surface area contributed by atoms with E-state index in [2.05, 4.69) is 11.4 Å². The van der Waals surface area contributed by atoms with Gasteiger partial charge in [0, 0.05) is 22.8 Å². The van der Waals surface area contributed by atoms with Crippen LogP contribution in [0.15, 0.2) is 54.6 Å². The molecule has 3 aromatic carbocycles. The smallest absolute Gasteiger partial charge is 0.286 e. The first-order valence-corrected chi connectivity index (χ1v) is 10.4. The number of benzene rings is 3. The molecule has 7 heteroatoms. The van der Waals surface area contributed by atoms with Crippen molar-refractivity contribution in [3.8, 4) is 23.3 Å². The van der Waals surface area contributed by atoms with Gasteiger partial charge < -0.3 is 9.47 Å². The molecule has 3 aromatic rings. The molecule has 0 radical (unpaired) electrons. The van der Waals surface area contributed by atoms with E-state index in [-0.39, 0.29) is 17.1 Å². The summed E-state index contributed by atoms with van der Waals surface area (Å²) in [7, 11) is 0. The topological polar surface area (TPSA) is 88.4 Å². The van der Waals surface area contributed by atoms with Crippen molar-refractivity contribution in [2.75, 3.05) is 6.61 Å². The molecular weight excluding hydrogens is 400 g/mol. The van der Waals surface area contributed by atoms with Gasteiger partial charge in [-0.1, -0.05) is 42.1 Å². The Morgan fingerprint density at radius 3 is 2.70 bits per heavy atom. The first-order chi connectivity index (χ1) is 14.6. The first kappa shape index (κ1) is 18.5. The molecule has 2 amide bonds. The van der Waals surface area contributed by atoms with Crippen molar-refractivity contribution in [2.45, 2.75) is 17.6 Å². The number of fused-ring (bicyclic) bond motifs is 2. The van der Waals surface area contributed by atoms with Crippen LogP contribution in [0, 0.1) is 11.3 Å². The van der Waals surface area contributed by atoms with Crippen molar-refractivity contribution in [1.82, 2.24) is 5.32 Å². The highest BCUT2D eigenvalue weighted by Crippen LogP contribution is 2.44. The highest BCUT2D eigenvalue weighted by atomic mass is 32.2. The molecule has 1 unspecified atom stereocenters. The van der Waals surface area contributed by atoms with Gasteiger partial charge in [-0.3, -0.25) is 14.9 Å². The van der Waals surface area contributed by atoms with E-state index < -0.39 is 5.25 Å². The van der Waals surface area contributed by atoms with Crippen LogP contribution in [0.2, 0.25) is 0 Å². The zero-order valence-corrected chi connectivity index (χ0v) is 16.6. The van der Waals surface area contributed by atoms with Crippen molar-refractivity contribution in [3.63, 3.8) is 0 Å². The van der Waals surface area contributed by atoms with Crippen molar-refractivity contribution in [1.29, 1.82) is 5.26 Å². The Hall–Kier alpha value is -3.50. The minimum atomic E-state index is -0.436. The number of hydrogen-bond donors (Lipinski definition) is 1. The summed E-state index contributed by atoms with van der Waals surface area (Å²) in [4.78, 5) is 23.7. The standard InChI is InChI=1S/C23H16N2O4S/c24-12-13-5-8-19(16-4-2-1-3-15(13)16)29-14-6-7-17-18(9-10-28-20(17)11-14)21-22(26)25-23(27)30-21/h1-8,11,18,21H,9-10H2,(H,25,26,27)/t18-,21?/m1/s1. The van der Waals surface area contributed by atoms with Gasteiger partial charge in [-0.15, -0.1) is 0 Å². The van der Waals surface area contributed by atoms with Crippen LogP contribution in [0.5, 0.6) is 17.2 Å². The predicted molar refractivity (Wildman–Crippen MR) is 113 cm³/mol. The van der Waals surface area contributed by atoms with Crippen LogP contribution in [-0.2, 0) is 4.79 Å². The molecule has 6 nitrogen and oxygen atoms in total. The molecule has 30 heavy (non-hydrogen) atoms. The van der Waals surface area contributed by atoms with Gasteiger partial charge in [-0.25, -0.2) is 0 Å². The fraction of sp³-hybridized carbons (Fsp3) is 0.174. The summed E-state index contributed by atoms with van der Waals surface area (Å²) in [6.45, 7) is 0.472. The molecule has 2 heterocycles. The number of nitriles is 1. The fourth-order valence-electron chi connectivity index (χ4n) is 4.00. The highest BCUT2D eigenvalue weighted by Gasteiger charge is 2.40. The molecule has 0 aromatic heterocycles. The number of ether oxygens (including phenoxy) is 2. The monoisotopic (exact) mass is 416 g/mol. The largest absolute Gasteiger partial charge is 0.493 e. The number of imide groups is 1. The molecule has 0 bridgehead atoms. The molecule has 148 valence electrons. The van der Waals surface area contributed by atoms with Gasteiger partial charge in [0.2, 0.25) is 5.91 Å². The second-order valence-corrected chi connectivity index (χ2v) is 8.24. The van der Waals surface area contributed by atoms with Crippen LogP contribution in [-0.4, -0.2) is 23.0 Å². The number of rotatable bonds is 3. The van der Waals surface area contributed by atoms with Gasteiger partial charge in [-0.05, 0) is 30.2 Å². The van der Waals surface area contributed by atoms with Crippen LogP contribution in [0.4, 0.5) is 4.79 Å². The molecule has 0 aliphatic carbocycles. The quantitative estimate of drug-likeness (QED) is 0.665. The lowest BCUT2D eigenvalue weighted by Gasteiger charge is -2.28. The SMILES string of the molecule is N#Cc1ccc(Oc2ccc3c(c2)OCC[C@H]3C2SC(=O)NC2=O)c2ccccc12. The third-order valence-electron chi connectivity index (χ3n) is 5.39. The Kier molecular flexibility index (Phi) is 4.57. The molecule has 1 N–H and O–H groups in total. The Morgan fingerprint density at radius 1 is 1.10 bits per heavy atom. The number of nitrogens with one attached hydrogen (secondary N) is 1. The average Bonchev–Trinajstić information content (AvgIpc) is 3.11. The highest BCUT2D eigenvalue weighted by molar-refractivity contribution is 8.15. The molecular formula is C23H16N2O4S. The summed E-state index contributed by atoms with van der Waals surface area (Å²) in [6, 6.07) is 18.9. The molecule has 1 fully saturated rings. The summed E-state index contributed by atoms with van der Waals surface area (Å²) < 4.78 is 12.0. The van der Waals surface area contributed by atoms with Crippen LogP contribution >= 0.6 is 11.8 Å². The number of amides is 2. The number of carbonyl (C=O) groups is 2. The minimum Gasteiger partial charge on any atom is -0.493 e. The first-order valence-electron chi connectivity index (χ1n) is 9.52. The molecule has 1 saturated heterocycles. The van der Waals surface area contributed by atoms with E-state index in [1.807, 2.05) is 42.5 Å². The second-order valence-electron chi connectivity index (χ2n) is 7.13. The Labute approximate surface area is 176 Å². The number of hydrogen-bond acceptors (Lipinski definition) is 6. The number of thioether (sulfide) groups is 1. The fourth-order valence-corrected chi connectivity index (χ4v) is 5.00. The molecule has 2 aliphatic rings. The second kappa shape index (κ2) is 7.39. The van der Waals surface area contributed by atoms with Gasteiger partial charge in [-0.2, -0.15) is 5.26 Å². The van der Waals surface area contributed by atoms with Crippen molar-refractivity contribution in [2.24, 2.45) is 0 Å². The zero-order chi connectivity index (χ0) is 20.7. The molecule has 5 rings (SSSR count). The summed E-state index contributed by atoms with van der Waals surface area (Å²) in [5.41, 5.74) is 1.50. The van der Waals surface area contributed by atoms with Crippen molar-refractivity contribution >= 4 is 33.7 Å². The lowest BCUT2D eigenvalue weighted by molar-refractivity contribution is -0.119. The zero-order valence-electron chi connectivity index (χ0n) is 15.8. The van der Waals surface area contributed by atoms with E-state index in [0.29, 0.717) is 35.8 Å². The van der Waals surface area contributed by atoms with Gasteiger partial charge in [0.15, 0.2) is 0 Å². The lowest BCUT2D eigenvalue weighted by atomic mass is 9.89. The van der Waals surface area contributed by atoms with Crippen LogP contribution in [0.3, 0.4) is 0 Å².